The van der Waals surface area contributed by atoms with Crippen LogP contribution < -0.4 is 9.42 Å². The van der Waals surface area contributed by atoms with E-state index in [-0.39, 0.29) is 31.9 Å². The van der Waals surface area contributed by atoms with Gasteiger partial charge in [-0.15, -0.1) is 34.8 Å². The van der Waals surface area contributed by atoms with Crippen molar-refractivity contribution in [2.45, 2.75) is 59.3 Å². The minimum absolute atomic E-state index is 0. The number of benzene rings is 6. The van der Waals surface area contributed by atoms with E-state index in [1.54, 1.807) is 0 Å². The van der Waals surface area contributed by atoms with Crippen LogP contribution in [0, 0.1) is 25.4 Å². The van der Waals surface area contributed by atoms with Gasteiger partial charge in [0, 0.05) is 49.8 Å². The number of aryl methyl sites for hydroxylation is 1. The van der Waals surface area contributed by atoms with Crippen LogP contribution in [0.2, 0.25) is 0 Å². The number of hydrogen-bond donors (Lipinski definition) is 0. The zero-order valence-electron chi connectivity index (χ0n) is 34.3. The van der Waals surface area contributed by atoms with Gasteiger partial charge in [0.05, 0.1) is 5.69 Å². The van der Waals surface area contributed by atoms with E-state index in [4.69, 9.17) is 14.8 Å². The van der Waals surface area contributed by atoms with Crippen LogP contribution in [0.4, 0.5) is 0 Å². The fraction of sp³-hybridized carbons (Fsp3) is 0.173. The van der Waals surface area contributed by atoms with Crippen LogP contribution in [-0.2, 0) is 31.9 Å². The predicted octanol–water partition coefficient (Wildman–Crippen LogP) is 12.1. The molecule has 59 heavy (non-hydrogen) atoms. The van der Waals surface area contributed by atoms with Crippen molar-refractivity contribution in [1.29, 1.82) is 0 Å². The Balaban J connectivity index is 0.00000484. The Kier molecular flexibility index (Phi) is 10.5. The van der Waals surface area contributed by atoms with Gasteiger partial charge in [0.25, 0.3) is 6.33 Å². The second-order valence-electron chi connectivity index (χ2n) is 16.9. The standard InChI is InChI=1S/C52H45N5O.Pt/c1-35-16-13-24-43(36-17-9-8-10-18-36)49(35)50-54-56(40-21-14-19-37(30-40)51(2,3)4)34-55(50)39-20-15-22-41(32-39)58-42-26-27-45-44-23-11-12-25-46(44)57(47(45)33-42)48-31-38(28-29-53-48)52(5,6)7;/h8-31H,1-7H3;/q-2;. The first-order valence-electron chi connectivity index (χ1n) is 19.8. The van der Waals surface area contributed by atoms with Crippen LogP contribution in [0.25, 0.3) is 61.5 Å². The quantitative estimate of drug-likeness (QED) is 0.118. The summed E-state index contributed by atoms with van der Waals surface area (Å²) in [5.74, 6) is 2.71. The van der Waals surface area contributed by atoms with E-state index in [0.29, 0.717) is 11.5 Å². The second kappa shape index (κ2) is 15.6. The fourth-order valence-corrected chi connectivity index (χ4v) is 7.60. The Morgan fingerprint density at radius 3 is 2.15 bits per heavy atom. The molecule has 0 N–H and O–H groups in total. The third kappa shape index (κ3) is 7.66. The predicted molar refractivity (Wildman–Crippen MR) is 233 cm³/mol. The van der Waals surface area contributed by atoms with Gasteiger partial charge in [-0.1, -0.05) is 144 Å². The van der Waals surface area contributed by atoms with Gasteiger partial charge in [0.1, 0.15) is 5.82 Å². The molecular weight excluding hydrogens is 906 g/mol. The topological polar surface area (TPSA) is 48.8 Å². The summed E-state index contributed by atoms with van der Waals surface area (Å²) < 4.78 is 12.6. The van der Waals surface area contributed by atoms with Crippen LogP contribution in [0.3, 0.4) is 0 Å². The van der Waals surface area contributed by atoms with Gasteiger partial charge in [-0.2, -0.15) is 22.9 Å². The molecule has 7 heteroatoms. The molecule has 0 bridgehead atoms. The summed E-state index contributed by atoms with van der Waals surface area (Å²) in [5, 5.41) is 7.48. The fourth-order valence-electron chi connectivity index (χ4n) is 7.60. The average Bonchev–Trinajstić information content (AvgIpc) is 3.80. The molecule has 3 heterocycles. The Morgan fingerprint density at radius 2 is 1.36 bits per heavy atom. The van der Waals surface area contributed by atoms with Gasteiger partial charge in [-0.25, -0.2) is 4.98 Å². The molecule has 0 aliphatic carbocycles. The van der Waals surface area contributed by atoms with Gasteiger partial charge < -0.3 is 13.9 Å². The molecule has 9 aromatic rings. The molecule has 0 amide bonds. The summed E-state index contributed by atoms with van der Waals surface area (Å²) in [6.45, 7) is 15.5. The summed E-state index contributed by atoms with van der Waals surface area (Å²) in [4.78, 5) is 4.84. The smallest absolute Gasteiger partial charge is 0.272 e. The number of aromatic nitrogens is 5. The zero-order valence-corrected chi connectivity index (χ0v) is 36.6. The van der Waals surface area contributed by atoms with Crippen molar-refractivity contribution in [3.8, 4) is 51.2 Å². The van der Waals surface area contributed by atoms with Crippen molar-refractivity contribution in [1.82, 2.24) is 19.2 Å². The van der Waals surface area contributed by atoms with Gasteiger partial charge in [-0.3, -0.25) is 0 Å². The third-order valence-corrected chi connectivity index (χ3v) is 10.8. The van der Waals surface area contributed by atoms with Gasteiger partial charge in [0.15, 0.2) is 5.82 Å². The summed E-state index contributed by atoms with van der Waals surface area (Å²) >= 11 is 0. The number of ether oxygens (including phenoxy) is 1. The first kappa shape index (κ1) is 39.7. The maximum absolute atomic E-state index is 6.62. The molecular formula is C52H45N5OPt-2. The molecule has 0 saturated heterocycles. The average molecular weight is 951 g/mol. The second-order valence-corrected chi connectivity index (χ2v) is 16.9. The molecule has 296 valence electrons. The molecule has 0 aliphatic rings. The molecule has 9 rings (SSSR count). The number of rotatable bonds is 7. The minimum Gasteiger partial charge on any atom is -0.510 e. The van der Waals surface area contributed by atoms with E-state index >= 15 is 0 Å². The number of hydrogen-bond acceptors (Lipinski definition) is 3. The molecule has 0 radical (unpaired) electrons. The van der Waals surface area contributed by atoms with Crippen molar-refractivity contribution in [3.63, 3.8) is 0 Å². The van der Waals surface area contributed by atoms with Crippen molar-refractivity contribution < 1.29 is 30.5 Å². The third-order valence-electron chi connectivity index (χ3n) is 10.8. The number of nitrogens with zero attached hydrogens (tertiary/aromatic N) is 5. The minimum atomic E-state index is -0.0285. The van der Waals surface area contributed by atoms with Crippen molar-refractivity contribution >= 4 is 21.8 Å². The van der Waals surface area contributed by atoms with Gasteiger partial charge in [-0.05, 0) is 69.2 Å². The van der Waals surface area contributed by atoms with Crippen LogP contribution in [0.5, 0.6) is 11.5 Å². The molecule has 0 saturated carbocycles. The van der Waals surface area contributed by atoms with Crippen LogP contribution in [-0.4, -0.2) is 19.2 Å². The molecule has 6 aromatic carbocycles. The molecule has 3 aromatic heterocycles. The Labute approximate surface area is 361 Å². The number of para-hydroxylation sites is 1. The van der Waals surface area contributed by atoms with Gasteiger partial charge >= 0.3 is 0 Å². The maximum Gasteiger partial charge on any atom is 0.272 e. The summed E-state index contributed by atoms with van der Waals surface area (Å²) in [6.07, 6.45) is 5.48. The van der Waals surface area contributed by atoms with E-state index in [1.807, 2.05) is 45.8 Å². The normalized spacial score (nSPS) is 11.8. The van der Waals surface area contributed by atoms with E-state index < -0.39 is 0 Å². The molecule has 0 aliphatic heterocycles. The van der Waals surface area contributed by atoms with E-state index in [1.165, 1.54) is 11.1 Å². The summed E-state index contributed by atoms with van der Waals surface area (Å²) in [5.41, 5.74) is 10.3. The molecule has 0 fully saturated rings. The largest absolute Gasteiger partial charge is 0.510 e. The first-order valence-corrected chi connectivity index (χ1v) is 19.8. The zero-order chi connectivity index (χ0) is 40.2. The molecule has 0 spiro atoms. The molecule has 0 unspecified atom stereocenters. The van der Waals surface area contributed by atoms with Crippen molar-refractivity contribution in [3.05, 3.63) is 181 Å². The SMILES string of the molecule is Cc1cccc(-c2ccccc2)c1-c1n[n+](-c2cccc(C(C)(C)C)c2)[c-]n1-c1[c-]c(Oc2[c-]c3c(cc2)c2ccccc2n3-c2cc(C(C)(C)C)ccn2)ccc1.[Pt]. The Bertz CT molecular complexity index is 2970. The number of fused-ring (bicyclic) bond motifs is 3. The van der Waals surface area contributed by atoms with Gasteiger partial charge in [0.2, 0.25) is 0 Å². The number of pyridine rings is 1. The monoisotopic (exact) mass is 950 g/mol. The van der Waals surface area contributed by atoms with E-state index in [0.717, 1.165) is 67.1 Å². The van der Waals surface area contributed by atoms with Crippen molar-refractivity contribution in [2.75, 3.05) is 0 Å². The van der Waals surface area contributed by atoms with Crippen LogP contribution >= 0.6 is 0 Å². The summed E-state index contributed by atoms with van der Waals surface area (Å²) in [7, 11) is 0. The Hall–Kier alpha value is -6.10. The van der Waals surface area contributed by atoms with E-state index in [9.17, 15) is 0 Å². The maximum atomic E-state index is 6.62. The molecule has 6 nitrogen and oxygen atoms in total. The van der Waals surface area contributed by atoms with Crippen LogP contribution in [0.15, 0.2) is 146 Å². The Morgan fingerprint density at radius 1 is 0.644 bits per heavy atom. The van der Waals surface area contributed by atoms with E-state index in [2.05, 4.69) is 181 Å². The first-order chi connectivity index (χ1) is 27.9. The van der Waals surface area contributed by atoms with Crippen molar-refractivity contribution in [2.24, 2.45) is 0 Å². The molecule has 0 atom stereocenters. The summed E-state index contributed by atoms with van der Waals surface area (Å²) in [6, 6.07) is 55.2. The van der Waals surface area contributed by atoms with Crippen LogP contribution in [0.1, 0.15) is 58.2 Å².